The van der Waals surface area contributed by atoms with E-state index in [0.29, 0.717) is 17.6 Å². The van der Waals surface area contributed by atoms with Gasteiger partial charge in [-0.25, -0.2) is 9.97 Å². The fourth-order valence-corrected chi connectivity index (χ4v) is 3.23. The van der Waals surface area contributed by atoms with E-state index in [4.69, 9.17) is 0 Å². The highest BCUT2D eigenvalue weighted by atomic mass is 16.2. The molecule has 4 rings (SSSR count). The third-order valence-electron chi connectivity index (χ3n) is 4.60. The lowest BCUT2D eigenvalue weighted by Crippen LogP contribution is -2.41. The van der Waals surface area contributed by atoms with Crippen LogP contribution < -0.4 is 10.9 Å². The Labute approximate surface area is 143 Å². The number of nitrogens with zero attached hydrogens (tertiary/aromatic N) is 6. The normalized spacial score (nSPS) is 16.8. The fourth-order valence-electron chi connectivity index (χ4n) is 3.23. The molecular weight excluding hydrogens is 322 g/mol. The van der Waals surface area contributed by atoms with E-state index >= 15 is 0 Å². The van der Waals surface area contributed by atoms with E-state index in [9.17, 15) is 9.59 Å². The standard InChI is InChI=1S/C16H19N7O2/c1-21-15-12(8-19-21)16(25)23(10-18-15)6-4-14(24)20-11-2-3-13-17-5-7-22(13)9-11/h5,7-8,10-11H,2-4,6,9H2,1H3,(H,20,24)/t11-/m0/s1. The van der Waals surface area contributed by atoms with Gasteiger partial charge in [-0.05, 0) is 6.42 Å². The smallest absolute Gasteiger partial charge is 0.264 e. The van der Waals surface area contributed by atoms with Crippen LogP contribution in [0.25, 0.3) is 11.0 Å². The summed E-state index contributed by atoms with van der Waals surface area (Å²) in [6.45, 7) is 1.04. The zero-order chi connectivity index (χ0) is 17.4. The van der Waals surface area contributed by atoms with Crippen LogP contribution in [-0.2, 0) is 31.4 Å². The van der Waals surface area contributed by atoms with Crippen molar-refractivity contribution in [2.24, 2.45) is 7.05 Å². The maximum absolute atomic E-state index is 12.4. The Hall–Kier alpha value is -2.97. The van der Waals surface area contributed by atoms with Crippen LogP contribution in [0.1, 0.15) is 18.7 Å². The van der Waals surface area contributed by atoms with Crippen molar-refractivity contribution >= 4 is 16.9 Å². The molecule has 0 radical (unpaired) electrons. The number of carbonyl (C=O) groups excluding carboxylic acids is 1. The Kier molecular flexibility index (Phi) is 3.83. The second-order valence-electron chi connectivity index (χ2n) is 6.30. The molecule has 1 aliphatic heterocycles. The molecule has 1 atom stereocenters. The Morgan fingerprint density at radius 1 is 1.40 bits per heavy atom. The van der Waals surface area contributed by atoms with E-state index in [0.717, 1.165) is 25.2 Å². The van der Waals surface area contributed by atoms with Gasteiger partial charge in [0, 0.05) is 51.4 Å². The third kappa shape index (κ3) is 2.92. The Balaban J connectivity index is 1.38. The molecule has 0 aromatic carbocycles. The van der Waals surface area contributed by atoms with Gasteiger partial charge in [0.15, 0.2) is 5.65 Å². The number of hydrogen-bond donors (Lipinski definition) is 1. The molecule has 4 heterocycles. The molecule has 0 saturated heterocycles. The monoisotopic (exact) mass is 341 g/mol. The molecule has 130 valence electrons. The van der Waals surface area contributed by atoms with Crippen molar-refractivity contribution in [3.8, 4) is 0 Å². The van der Waals surface area contributed by atoms with Crippen LogP contribution in [0, 0.1) is 0 Å². The number of aryl methyl sites for hydroxylation is 3. The third-order valence-corrected chi connectivity index (χ3v) is 4.60. The van der Waals surface area contributed by atoms with Crippen molar-refractivity contribution < 1.29 is 4.79 Å². The first kappa shape index (κ1) is 15.6. The molecule has 3 aromatic heterocycles. The SMILES string of the molecule is Cn1ncc2c(=O)n(CCC(=O)N[C@H]3CCc4nccn4C3)cnc21. The molecule has 0 aliphatic carbocycles. The summed E-state index contributed by atoms with van der Waals surface area (Å²) in [5, 5.41) is 7.54. The highest BCUT2D eigenvalue weighted by Gasteiger charge is 2.20. The molecule has 0 saturated carbocycles. The predicted molar refractivity (Wildman–Crippen MR) is 89.9 cm³/mol. The van der Waals surface area contributed by atoms with Gasteiger partial charge in [0.2, 0.25) is 5.91 Å². The summed E-state index contributed by atoms with van der Waals surface area (Å²) < 4.78 is 5.08. The molecular formula is C16H19N7O2. The second kappa shape index (κ2) is 6.15. The maximum Gasteiger partial charge on any atom is 0.264 e. The molecule has 9 nitrogen and oxygen atoms in total. The van der Waals surface area contributed by atoms with Gasteiger partial charge in [0.25, 0.3) is 5.56 Å². The van der Waals surface area contributed by atoms with E-state index in [1.165, 1.54) is 17.1 Å². The molecule has 1 aliphatic rings. The summed E-state index contributed by atoms with van der Waals surface area (Å²) in [4.78, 5) is 33.1. The topological polar surface area (TPSA) is 99.6 Å². The number of nitrogens with one attached hydrogen (secondary N) is 1. The molecule has 0 unspecified atom stereocenters. The van der Waals surface area contributed by atoms with Gasteiger partial charge in [0.05, 0.1) is 12.5 Å². The van der Waals surface area contributed by atoms with E-state index in [2.05, 4.69) is 25.0 Å². The van der Waals surface area contributed by atoms with Crippen LogP contribution in [0.4, 0.5) is 0 Å². The van der Waals surface area contributed by atoms with Gasteiger partial charge in [-0.1, -0.05) is 0 Å². The zero-order valence-electron chi connectivity index (χ0n) is 13.9. The van der Waals surface area contributed by atoms with Crippen molar-refractivity contribution in [3.63, 3.8) is 0 Å². The summed E-state index contributed by atoms with van der Waals surface area (Å²) >= 11 is 0. The molecule has 3 aromatic rings. The highest BCUT2D eigenvalue weighted by molar-refractivity contribution is 5.76. The first-order chi connectivity index (χ1) is 12.1. The number of rotatable bonds is 4. The van der Waals surface area contributed by atoms with Crippen molar-refractivity contribution in [1.29, 1.82) is 0 Å². The predicted octanol–water partition coefficient (Wildman–Crippen LogP) is -0.152. The minimum atomic E-state index is -0.174. The van der Waals surface area contributed by atoms with Crippen LogP contribution in [0.2, 0.25) is 0 Å². The quantitative estimate of drug-likeness (QED) is 0.711. The van der Waals surface area contributed by atoms with Crippen molar-refractivity contribution in [3.05, 3.63) is 41.1 Å². The minimum absolute atomic E-state index is 0.0632. The molecule has 25 heavy (non-hydrogen) atoms. The average molecular weight is 341 g/mol. The molecule has 1 amide bonds. The molecule has 9 heteroatoms. The van der Waals surface area contributed by atoms with Crippen LogP contribution in [0.5, 0.6) is 0 Å². The summed E-state index contributed by atoms with van der Waals surface area (Å²) in [7, 11) is 1.74. The van der Waals surface area contributed by atoms with Crippen molar-refractivity contribution in [2.45, 2.75) is 38.4 Å². The van der Waals surface area contributed by atoms with Crippen LogP contribution in [0.3, 0.4) is 0 Å². The maximum atomic E-state index is 12.4. The van der Waals surface area contributed by atoms with E-state index in [1.54, 1.807) is 17.9 Å². The summed E-state index contributed by atoms with van der Waals surface area (Å²) in [5.41, 5.74) is 0.371. The average Bonchev–Trinajstić information content (AvgIpc) is 3.21. The van der Waals surface area contributed by atoms with Crippen LogP contribution in [0.15, 0.2) is 29.7 Å². The largest absolute Gasteiger partial charge is 0.352 e. The lowest BCUT2D eigenvalue weighted by Gasteiger charge is -2.24. The Morgan fingerprint density at radius 3 is 3.16 bits per heavy atom. The minimum Gasteiger partial charge on any atom is -0.352 e. The second-order valence-corrected chi connectivity index (χ2v) is 6.30. The summed E-state index contributed by atoms with van der Waals surface area (Å²) in [6, 6.07) is 0.102. The molecule has 0 bridgehead atoms. The molecule has 0 fully saturated rings. The van der Waals surface area contributed by atoms with E-state index in [1.807, 2.05) is 6.20 Å². The fraction of sp³-hybridized carbons (Fsp3) is 0.438. The lowest BCUT2D eigenvalue weighted by molar-refractivity contribution is -0.122. The Morgan fingerprint density at radius 2 is 2.28 bits per heavy atom. The summed E-state index contributed by atoms with van der Waals surface area (Å²) in [5.74, 6) is 1.000. The van der Waals surface area contributed by atoms with Gasteiger partial charge in [-0.3, -0.25) is 18.8 Å². The van der Waals surface area contributed by atoms with Gasteiger partial charge >= 0.3 is 0 Å². The van der Waals surface area contributed by atoms with Crippen LogP contribution in [-0.4, -0.2) is 40.8 Å². The number of aromatic nitrogens is 6. The Bertz CT molecular complexity index is 984. The number of imidazole rings is 1. The summed E-state index contributed by atoms with van der Waals surface area (Å²) in [6.07, 6.45) is 8.67. The highest BCUT2D eigenvalue weighted by Crippen LogP contribution is 2.13. The van der Waals surface area contributed by atoms with Gasteiger partial charge in [-0.15, -0.1) is 0 Å². The van der Waals surface area contributed by atoms with Gasteiger partial charge < -0.3 is 9.88 Å². The van der Waals surface area contributed by atoms with E-state index < -0.39 is 0 Å². The first-order valence-corrected chi connectivity index (χ1v) is 8.28. The molecule has 1 N–H and O–H groups in total. The first-order valence-electron chi connectivity index (χ1n) is 8.28. The van der Waals surface area contributed by atoms with Crippen LogP contribution >= 0.6 is 0 Å². The number of amides is 1. The van der Waals surface area contributed by atoms with Gasteiger partial charge in [0.1, 0.15) is 11.2 Å². The van der Waals surface area contributed by atoms with E-state index in [-0.39, 0.29) is 23.9 Å². The number of fused-ring (bicyclic) bond motifs is 2. The number of carbonyl (C=O) groups is 1. The zero-order valence-corrected chi connectivity index (χ0v) is 13.9. The van der Waals surface area contributed by atoms with Gasteiger partial charge in [-0.2, -0.15) is 5.10 Å². The molecule has 0 spiro atoms. The van der Waals surface area contributed by atoms with Crippen molar-refractivity contribution in [2.75, 3.05) is 0 Å². The lowest BCUT2D eigenvalue weighted by atomic mass is 10.1. The van der Waals surface area contributed by atoms with Crippen molar-refractivity contribution in [1.82, 2.24) is 34.2 Å². The number of hydrogen-bond acceptors (Lipinski definition) is 5.